The number of nitrogens with zero attached hydrogens (tertiary/aromatic N) is 1. The lowest BCUT2D eigenvalue weighted by atomic mass is 10.0. The molecule has 104 valence electrons. The lowest BCUT2D eigenvalue weighted by Gasteiger charge is -2.25. The van der Waals surface area contributed by atoms with Gasteiger partial charge >= 0.3 is 0 Å². The monoisotopic (exact) mass is 251 g/mol. The van der Waals surface area contributed by atoms with E-state index in [1.54, 1.807) is 6.92 Å². The molecule has 2 heteroatoms. The predicted octanol–water partition coefficient (Wildman–Crippen LogP) is 4.02. The number of carbonyl (C=O) groups excluding carboxylic acids is 1. The number of hydrogen-bond donors (Lipinski definition) is 0. The summed E-state index contributed by atoms with van der Waals surface area (Å²) in [5, 5.41) is 0. The van der Waals surface area contributed by atoms with Gasteiger partial charge < -0.3 is 4.90 Å². The first-order chi connectivity index (χ1) is 8.53. The molecule has 0 aliphatic heterocycles. The third-order valence-corrected chi connectivity index (χ3v) is 4.11. The first-order valence-corrected chi connectivity index (χ1v) is 7.44. The van der Waals surface area contributed by atoms with Crippen molar-refractivity contribution in [2.45, 2.75) is 59.8 Å². The van der Waals surface area contributed by atoms with E-state index in [0.717, 1.165) is 31.8 Å². The highest BCUT2D eigenvalue weighted by molar-refractivity contribution is 5.73. The first-order valence-electron chi connectivity index (χ1n) is 7.44. The van der Waals surface area contributed by atoms with Gasteiger partial charge in [-0.05, 0) is 43.4 Å². The zero-order chi connectivity index (χ0) is 13.6. The second kappa shape index (κ2) is 6.96. The van der Waals surface area contributed by atoms with Crippen molar-refractivity contribution >= 4 is 5.91 Å². The smallest absolute Gasteiger partial charge is 0.219 e. The fourth-order valence-electron chi connectivity index (χ4n) is 2.78. The Balaban J connectivity index is 2.34. The molecule has 1 fully saturated rings. The van der Waals surface area contributed by atoms with Crippen molar-refractivity contribution in [2.75, 3.05) is 13.1 Å². The van der Waals surface area contributed by atoms with Gasteiger partial charge in [0.2, 0.25) is 5.91 Å². The number of rotatable bonds is 8. The third-order valence-electron chi connectivity index (χ3n) is 4.11. The van der Waals surface area contributed by atoms with Crippen LogP contribution in [0.1, 0.15) is 59.8 Å². The fourth-order valence-corrected chi connectivity index (χ4v) is 2.78. The van der Waals surface area contributed by atoms with Gasteiger partial charge in [0.05, 0.1) is 0 Å². The van der Waals surface area contributed by atoms with Gasteiger partial charge in [0.15, 0.2) is 0 Å². The van der Waals surface area contributed by atoms with Crippen LogP contribution >= 0.6 is 0 Å². The Morgan fingerprint density at radius 2 is 2.11 bits per heavy atom. The van der Waals surface area contributed by atoms with E-state index in [4.69, 9.17) is 0 Å². The summed E-state index contributed by atoms with van der Waals surface area (Å²) in [6.45, 7) is 10.2. The number of carbonyl (C=O) groups is 1. The van der Waals surface area contributed by atoms with Crippen molar-refractivity contribution in [1.82, 2.24) is 4.90 Å². The van der Waals surface area contributed by atoms with E-state index in [2.05, 4.69) is 32.9 Å². The highest BCUT2D eigenvalue weighted by atomic mass is 16.2. The predicted molar refractivity (Wildman–Crippen MR) is 77.4 cm³/mol. The summed E-state index contributed by atoms with van der Waals surface area (Å²) in [6.07, 6.45) is 10.5. The molecule has 18 heavy (non-hydrogen) atoms. The largest absolute Gasteiger partial charge is 0.342 e. The van der Waals surface area contributed by atoms with Crippen LogP contribution < -0.4 is 0 Å². The molecule has 2 unspecified atom stereocenters. The molecular weight excluding hydrogens is 222 g/mol. The summed E-state index contributed by atoms with van der Waals surface area (Å²) in [7, 11) is 0. The standard InChI is InChI=1S/C16H29NO/c1-5-7-8-9-10-15-12-16(15,4)13-17(11-6-2)14(3)18/h7-8,15H,5-6,9-13H2,1-4H3/b8-7-. The summed E-state index contributed by atoms with van der Waals surface area (Å²) >= 11 is 0. The minimum atomic E-state index is 0.231. The van der Waals surface area contributed by atoms with Crippen molar-refractivity contribution < 1.29 is 4.79 Å². The maximum atomic E-state index is 11.6. The second-order valence-electron chi connectivity index (χ2n) is 5.95. The van der Waals surface area contributed by atoms with Crippen LogP contribution in [0, 0.1) is 11.3 Å². The molecule has 0 radical (unpaired) electrons. The highest BCUT2D eigenvalue weighted by Crippen LogP contribution is 2.55. The number of amides is 1. The summed E-state index contributed by atoms with van der Waals surface area (Å²) < 4.78 is 0. The minimum absolute atomic E-state index is 0.231. The molecular formula is C16H29NO. The lowest BCUT2D eigenvalue weighted by Crippen LogP contribution is -2.34. The molecule has 0 heterocycles. The molecule has 1 rings (SSSR count). The van der Waals surface area contributed by atoms with E-state index in [1.165, 1.54) is 19.3 Å². The van der Waals surface area contributed by atoms with Crippen LogP contribution in [0.15, 0.2) is 12.2 Å². The summed E-state index contributed by atoms with van der Waals surface area (Å²) in [4.78, 5) is 13.6. The Kier molecular flexibility index (Phi) is 5.90. The maximum absolute atomic E-state index is 11.6. The van der Waals surface area contributed by atoms with E-state index >= 15 is 0 Å². The van der Waals surface area contributed by atoms with Gasteiger partial charge in [0.25, 0.3) is 0 Å². The zero-order valence-electron chi connectivity index (χ0n) is 12.5. The molecule has 0 saturated heterocycles. The van der Waals surface area contributed by atoms with Gasteiger partial charge in [0.1, 0.15) is 0 Å². The molecule has 1 amide bonds. The van der Waals surface area contributed by atoms with Gasteiger partial charge in [-0.1, -0.05) is 32.9 Å². The van der Waals surface area contributed by atoms with E-state index in [9.17, 15) is 4.79 Å². The van der Waals surface area contributed by atoms with Crippen molar-refractivity contribution in [2.24, 2.45) is 11.3 Å². The van der Waals surface area contributed by atoms with Gasteiger partial charge in [-0.15, -0.1) is 0 Å². The van der Waals surface area contributed by atoms with Crippen LogP contribution in [-0.2, 0) is 4.79 Å². The third kappa shape index (κ3) is 4.47. The quantitative estimate of drug-likeness (QED) is 0.597. The topological polar surface area (TPSA) is 20.3 Å². The molecule has 0 aromatic rings. The van der Waals surface area contributed by atoms with Crippen molar-refractivity contribution in [1.29, 1.82) is 0 Å². The molecule has 0 N–H and O–H groups in total. The van der Waals surface area contributed by atoms with Crippen LogP contribution in [0.5, 0.6) is 0 Å². The van der Waals surface area contributed by atoms with E-state index in [1.807, 2.05) is 4.90 Å². The molecule has 2 nitrogen and oxygen atoms in total. The average Bonchev–Trinajstić information content (AvgIpc) is 2.95. The SMILES string of the molecule is CC/C=C\CCC1CC1(C)CN(CCC)C(C)=O. The van der Waals surface area contributed by atoms with Gasteiger partial charge in [-0.2, -0.15) is 0 Å². The Labute approximate surface area is 112 Å². The Morgan fingerprint density at radius 1 is 1.39 bits per heavy atom. The lowest BCUT2D eigenvalue weighted by molar-refractivity contribution is -0.129. The minimum Gasteiger partial charge on any atom is -0.342 e. The molecule has 0 bridgehead atoms. The molecule has 0 aromatic carbocycles. The van der Waals surface area contributed by atoms with Gasteiger partial charge in [0, 0.05) is 20.0 Å². The highest BCUT2D eigenvalue weighted by Gasteiger charge is 2.49. The molecule has 0 spiro atoms. The van der Waals surface area contributed by atoms with E-state index in [0.29, 0.717) is 5.41 Å². The van der Waals surface area contributed by atoms with Crippen LogP contribution in [0.3, 0.4) is 0 Å². The first kappa shape index (κ1) is 15.3. The van der Waals surface area contributed by atoms with Crippen LogP contribution in [0.2, 0.25) is 0 Å². The maximum Gasteiger partial charge on any atom is 0.219 e. The normalized spacial score (nSPS) is 26.6. The summed E-state index contributed by atoms with van der Waals surface area (Å²) in [5.74, 6) is 1.05. The molecule has 1 aliphatic carbocycles. The summed E-state index contributed by atoms with van der Waals surface area (Å²) in [5.41, 5.74) is 0.390. The Morgan fingerprint density at radius 3 is 2.67 bits per heavy atom. The van der Waals surface area contributed by atoms with Crippen molar-refractivity contribution in [3.05, 3.63) is 12.2 Å². The molecule has 0 aromatic heterocycles. The molecule has 2 atom stereocenters. The number of allylic oxidation sites excluding steroid dienone is 2. The van der Waals surface area contributed by atoms with Crippen LogP contribution in [-0.4, -0.2) is 23.9 Å². The van der Waals surface area contributed by atoms with E-state index < -0.39 is 0 Å². The Hall–Kier alpha value is -0.790. The zero-order valence-corrected chi connectivity index (χ0v) is 12.5. The van der Waals surface area contributed by atoms with Crippen LogP contribution in [0.25, 0.3) is 0 Å². The van der Waals surface area contributed by atoms with Gasteiger partial charge in [-0.25, -0.2) is 0 Å². The Bertz CT molecular complexity index is 297. The second-order valence-corrected chi connectivity index (χ2v) is 5.95. The van der Waals surface area contributed by atoms with Crippen LogP contribution in [0.4, 0.5) is 0 Å². The number of hydrogen-bond acceptors (Lipinski definition) is 1. The molecule has 1 aliphatic rings. The van der Waals surface area contributed by atoms with Crippen molar-refractivity contribution in [3.63, 3.8) is 0 Å². The van der Waals surface area contributed by atoms with Crippen molar-refractivity contribution in [3.8, 4) is 0 Å². The average molecular weight is 251 g/mol. The molecule has 1 saturated carbocycles. The fraction of sp³-hybridized carbons (Fsp3) is 0.812. The van der Waals surface area contributed by atoms with Gasteiger partial charge in [-0.3, -0.25) is 4.79 Å². The van der Waals surface area contributed by atoms with E-state index in [-0.39, 0.29) is 5.91 Å². The summed E-state index contributed by atoms with van der Waals surface area (Å²) in [6, 6.07) is 0.